The zero-order valence-electron chi connectivity index (χ0n) is 22.4. The SMILES string of the molecule is COc1cccc([C@H]2C(C(=O)Nc3ccccc3)=C(C)N=c3s/c(=C/c4cc(Br)c(N5CCOCC5)o4)c(=O)n32)c1. The molecule has 1 saturated heterocycles. The van der Waals surface area contributed by atoms with E-state index in [0.29, 0.717) is 56.9 Å². The third-order valence-corrected chi connectivity index (χ3v) is 8.52. The van der Waals surface area contributed by atoms with Gasteiger partial charge in [0.05, 0.1) is 46.6 Å². The molecule has 2 aliphatic heterocycles. The van der Waals surface area contributed by atoms with Crippen molar-refractivity contribution in [3.63, 3.8) is 0 Å². The van der Waals surface area contributed by atoms with Crippen molar-refractivity contribution in [2.45, 2.75) is 13.0 Å². The largest absolute Gasteiger partial charge is 0.497 e. The molecule has 1 fully saturated rings. The summed E-state index contributed by atoms with van der Waals surface area (Å²) in [4.78, 5) is 35.0. The summed E-state index contributed by atoms with van der Waals surface area (Å²) < 4.78 is 19.9. The second-order valence-corrected chi connectivity index (χ2v) is 11.4. The molecule has 2 aromatic carbocycles. The zero-order chi connectivity index (χ0) is 28.5. The third-order valence-electron chi connectivity index (χ3n) is 6.97. The summed E-state index contributed by atoms with van der Waals surface area (Å²) in [5.41, 5.74) is 2.05. The summed E-state index contributed by atoms with van der Waals surface area (Å²) in [6.45, 7) is 4.50. The molecule has 4 heterocycles. The Balaban J connectivity index is 1.46. The van der Waals surface area contributed by atoms with Crippen molar-refractivity contribution in [3.8, 4) is 5.75 Å². The lowest BCUT2D eigenvalue weighted by Gasteiger charge is -2.26. The number of fused-ring (bicyclic) bond motifs is 1. The summed E-state index contributed by atoms with van der Waals surface area (Å²) >= 11 is 4.86. The maximum Gasteiger partial charge on any atom is 0.271 e. The Labute approximate surface area is 248 Å². The number of hydrogen-bond donors (Lipinski definition) is 1. The van der Waals surface area contributed by atoms with Gasteiger partial charge in [0.25, 0.3) is 11.5 Å². The van der Waals surface area contributed by atoms with E-state index in [9.17, 15) is 9.59 Å². The molecule has 1 amide bonds. The van der Waals surface area contributed by atoms with Crippen molar-refractivity contribution in [2.75, 3.05) is 43.6 Å². The molecule has 41 heavy (non-hydrogen) atoms. The number of carbonyl (C=O) groups excluding carboxylic acids is 1. The molecule has 2 aromatic heterocycles. The van der Waals surface area contributed by atoms with E-state index in [1.165, 1.54) is 11.3 Å². The molecule has 4 aromatic rings. The molecule has 0 unspecified atom stereocenters. The van der Waals surface area contributed by atoms with Crippen LogP contribution in [0.15, 0.2) is 90.6 Å². The first-order chi connectivity index (χ1) is 19.9. The molecule has 0 radical (unpaired) electrons. The van der Waals surface area contributed by atoms with Crippen molar-refractivity contribution in [1.82, 2.24) is 4.57 Å². The van der Waals surface area contributed by atoms with E-state index in [1.54, 1.807) is 24.7 Å². The van der Waals surface area contributed by atoms with E-state index in [1.807, 2.05) is 60.7 Å². The molecule has 9 nitrogen and oxygen atoms in total. The van der Waals surface area contributed by atoms with E-state index in [4.69, 9.17) is 18.9 Å². The van der Waals surface area contributed by atoms with Crippen LogP contribution in [-0.4, -0.2) is 43.9 Å². The molecule has 6 rings (SSSR count). The van der Waals surface area contributed by atoms with Gasteiger partial charge in [0, 0.05) is 30.9 Å². The highest BCUT2D eigenvalue weighted by Gasteiger charge is 2.33. The molecule has 210 valence electrons. The second kappa shape index (κ2) is 11.5. The Morgan fingerprint density at radius 1 is 1.15 bits per heavy atom. The van der Waals surface area contributed by atoms with Gasteiger partial charge in [-0.25, -0.2) is 4.99 Å². The molecule has 0 bridgehead atoms. The minimum Gasteiger partial charge on any atom is -0.497 e. The molecular formula is C30H27BrN4O5S. The average Bonchev–Trinajstić information content (AvgIpc) is 3.51. The minimum atomic E-state index is -0.709. The van der Waals surface area contributed by atoms with Crippen LogP contribution in [-0.2, 0) is 9.53 Å². The number of allylic oxidation sites excluding steroid dienone is 1. The number of aromatic nitrogens is 1. The fourth-order valence-electron chi connectivity index (χ4n) is 5.02. The summed E-state index contributed by atoms with van der Waals surface area (Å²) in [6.07, 6.45) is 1.73. The standard InChI is InChI=1S/C30H27BrN4O5S/c1-18-25(27(36)33-20-8-4-3-5-9-20)26(19-7-6-10-21(15-19)38-2)35-28(37)24(41-30(35)32-18)17-22-16-23(31)29(40-22)34-11-13-39-14-12-34/h3-10,15-17,26H,11-14H2,1-2H3,(H,33,36)/b24-17+/t26-/m0/s1. The van der Waals surface area contributed by atoms with Gasteiger partial charge in [-0.3, -0.25) is 14.2 Å². The van der Waals surface area contributed by atoms with Gasteiger partial charge in [-0.05, 0) is 52.7 Å². The van der Waals surface area contributed by atoms with Gasteiger partial charge in [0.2, 0.25) is 5.88 Å². The number of nitrogens with one attached hydrogen (secondary N) is 1. The molecule has 2 aliphatic rings. The molecule has 0 spiro atoms. The zero-order valence-corrected chi connectivity index (χ0v) is 24.8. The average molecular weight is 636 g/mol. The summed E-state index contributed by atoms with van der Waals surface area (Å²) in [7, 11) is 1.58. The van der Waals surface area contributed by atoms with E-state index in [0.717, 1.165) is 23.1 Å². The topological polar surface area (TPSA) is 98.3 Å². The van der Waals surface area contributed by atoms with Crippen LogP contribution in [0.25, 0.3) is 6.08 Å². The Morgan fingerprint density at radius 3 is 2.68 bits per heavy atom. The molecule has 0 aliphatic carbocycles. The molecule has 0 saturated carbocycles. The Kier molecular flexibility index (Phi) is 7.65. The number of hydrogen-bond acceptors (Lipinski definition) is 8. The van der Waals surface area contributed by atoms with Crippen LogP contribution in [0.5, 0.6) is 5.75 Å². The van der Waals surface area contributed by atoms with Gasteiger partial charge in [0.1, 0.15) is 11.5 Å². The van der Waals surface area contributed by atoms with E-state index < -0.39 is 6.04 Å². The third kappa shape index (κ3) is 5.40. The number of anilines is 2. The van der Waals surface area contributed by atoms with Crippen LogP contribution >= 0.6 is 27.3 Å². The first kappa shape index (κ1) is 27.3. The van der Waals surface area contributed by atoms with Crippen LogP contribution < -0.4 is 29.8 Å². The van der Waals surface area contributed by atoms with Crippen molar-refractivity contribution in [2.24, 2.45) is 4.99 Å². The molecule has 11 heteroatoms. The first-order valence-electron chi connectivity index (χ1n) is 13.1. The van der Waals surface area contributed by atoms with Gasteiger partial charge in [-0.15, -0.1) is 0 Å². The first-order valence-corrected chi connectivity index (χ1v) is 14.7. The minimum absolute atomic E-state index is 0.264. The quantitative estimate of drug-likeness (QED) is 0.343. The van der Waals surface area contributed by atoms with Crippen molar-refractivity contribution in [3.05, 3.63) is 107 Å². The predicted octanol–water partition coefficient (Wildman–Crippen LogP) is 4.07. The van der Waals surface area contributed by atoms with E-state index in [-0.39, 0.29) is 11.5 Å². The lowest BCUT2D eigenvalue weighted by atomic mass is 9.95. The number of morpholine rings is 1. The number of halogens is 1. The summed E-state index contributed by atoms with van der Waals surface area (Å²) in [5.74, 6) is 1.54. The number of rotatable bonds is 6. The number of nitrogens with zero attached hydrogens (tertiary/aromatic N) is 3. The van der Waals surface area contributed by atoms with Gasteiger partial charge < -0.3 is 24.1 Å². The monoisotopic (exact) mass is 634 g/mol. The van der Waals surface area contributed by atoms with E-state index >= 15 is 0 Å². The lowest BCUT2D eigenvalue weighted by molar-refractivity contribution is -0.113. The summed E-state index contributed by atoms with van der Waals surface area (Å²) in [5, 5.41) is 2.97. The van der Waals surface area contributed by atoms with Gasteiger partial charge in [0.15, 0.2) is 4.80 Å². The van der Waals surface area contributed by atoms with Crippen LogP contribution in [0.4, 0.5) is 11.6 Å². The molecule has 1 N–H and O–H groups in total. The van der Waals surface area contributed by atoms with Gasteiger partial charge >= 0.3 is 0 Å². The lowest BCUT2D eigenvalue weighted by Crippen LogP contribution is -2.40. The Bertz CT molecular complexity index is 1820. The number of furan rings is 1. The van der Waals surface area contributed by atoms with E-state index in [2.05, 4.69) is 26.1 Å². The second-order valence-electron chi connectivity index (χ2n) is 9.58. The Morgan fingerprint density at radius 2 is 1.93 bits per heavy atom. The number of ether oxygens (including phenoxy) is 2. The molecular weight excluding hydrogens is 608 g/mol. The maximum absolute atomic E-state index is 14.0. The smallest absolute Gasteiger partial charge is 0.271 e. The molecule has 1 atom stereocenters. The van der Waals surface area contributed by atoms with Crippen molar-refractivity contribution < 1.29 is 18.7 Å². The van der Waals surface area contributed by atoms with Crippen molar-refractivity contribution in [1.29, 1.82) is 0 Å². The fourth-order valence-corrected chi connectivity index (χ4v) is 6.60. The number of para-hydroxylation sites is 1. The number of methoxy groups -OCH3 is 1. The van der Waals surface area contributed by atoms with Crippen LogP contribution in [0.2, 0.25) is 0 Å². The van der Waals surface area contributed by atoms with Crippen LogP contribution in [0.3, 0.4) is 0 Å². The number of carbonyl (C=O) groups is 1. The summed E-state index contributed by atoms with van der Waals surface area (Å²) in [6, 6.07) is 17.8. The van der Waals surface area contributed by atoms with Crippen LogP contribution in [0, 0.1) is 0 Å². The highest BCUT2D eigenvalue weighted by molar-refractivity contribution is 9.10. The fraction of sp³-hybridized carbons (Fsp3) is 0.233. The van der Waals surface area contributed by atoms with Crippen molar-refractivity contribution >= 4 is 50.8 Å². The van der Waals surface area contributed by atoms with Gasteiger partial charge in [-0.2, -0.15) is 0 Å². The Hall–Kier alpha value is -3.93. The number of amides is 1. The van der Waals surface area contributed by atoms with Crippen LogP contribution in [0.1, 0.15) is 24.3 Å². The maximum atomic E-state index is 14.0. The number of benzene rings is 2. The van der Waals surface area contributed by atoms with Gasteiger partial charge in [-0.1, -0.05) is 41.7 Å². The highest BCUT2D eigenvalue weighted by atomic mass is 79.9. The highest BCUT2D eigenvalue weighted by Crippen LogP contribution is 2.33. The predicted molar refractivity (Wildman–Crippen MR) is 161 cm³/mol. The number of thiazole rings is 1. The normalized spacial score (nSPS) is 17.3.